The lowest BCUT2D eigenvalue weighted by Crippen LogP contribution is -2.52. The van der Waals surface area contributed by atoms with Crippen LogP contribution < -0.4 is 5.32 Å². The Bertz CT molecular complexity index is 939. The number of aliphatic hydroxyl groups is 1. The van der Waals surface area contributed by atoms with Crippen molar-refractivity contribution in [1.82, 2.24) is 5.32 Å². The highest BCUT2D eigenvalue weighted by Gasteiger charge is 2.51. The monoisotopic (exact) mass is 465 g/mol. The Morgan fingerprint density at radius 2 is 1.79 bits per heavy atom. The Labute approximate surface area is 206 Å². The molecule has 0 radical (unpaired) electrons. The van der Waals surface area contributed by atoms with Crippen LogP contribution in [0.2, 0.25) is 0 Å². The molecule has 4 rings (SSSR count). The second-order valence-corrected chi connectivity index (χ2v) is 12.2. The molecule has 4 unspecified atom stereocenters. The molecule has 1 fully saturated rings. The summed E-state index contributed by atoms with van der Waals surface area (Å²) in [6, 6.07) is 15.7. The lowest BCUT2D eigenvalue weighted by molar-refractivity contribution is 0.0252. The fourth-order valence-electron chi connectivity index (χ4n) is 6.82. The maximum absolute atomic E-state index is 10.6. The van der Waals surface area contributed by atoms with E-state index in [1.165, 1.54) is 42.6 Å². The largest absolute Gasteiger partial charge is 0.388 e. The molecule has 1 saturated carbocycles. The van der Waals surface area contributed by atoms with Gasteiger partial charge in [-0.2, -0.15) is 0 Å². The van der Waals surface area contributed by atoms with E-state index in [0.717, 1.165) is 25.1 Å². The summed E-state index contributed by atoms with van der Waals surface area (Å²) >= 11 is 1.74. The molecular formula is C30H43NOS. The third kappa shape index (κ3) is 5.06. The first kappa shape index (κ1) is 24.8. The number of nitrogens with one attached hydrogen (secondary N) is 1. The van der Waals surface area contributed by atoms with Crippen molar-refractivity contribution in [2.45, 2.75) is 88.6 Å². The van der Waals surface area contributed by atoms with Crippen molar-refractivity contribution in [3.05, 3.63) is 64.7 Å². The number of benzene rings is 2. The first-order valence-electron chi connectivity index (χ1n) is 12.9. The molecule has 0 amide bonds. The number of thioether (sulfide) groups is 1. The Hall–Kier alpha value is -1.29. The van der Waals surface area contributed by atoms with Gasteiger partial charge in [0.1, 0.15) is 0 Å². The predicted molar refractivity (Wildman–Crippen MR) is 142 cm³/mol. The summed E-state index contributed by atoms with van der Waals surface area (Å²) in [5.41, 5.74) is 6.34. The van der Waals surface area contributed by atoms with Crippen LogP contribution in [0.4, 0.5) is 0 Å². The van der Waals surface area contributed by atoms with E-state index in [-0.39, 0.29) is 5.41 Å². The van der Waals surface area contributed by atoms with Gasteiger partial charge in [0.25, 0.3) is 0 Å². The van der Waals surface area contributed by atoms with Crippen molar-refractivity contribution in [3.63, 3.8) is 0 Å². The zero-order valence-corrected chi connectivity index (χ0v) is 22.1. The Morgan fingerprint density at radius 3 is 2.48 bits per heavy atom. The van der Waals surface area contributed by atoms with Crippen molar-refractivity contribution in [2.24, 2.45) is 11.3 Å². The van der Waals surface area contributed by atoms with E-state index in [1.54, 1.807) is 22.9 Å². The van der Waals surface area contributed by atoms with Gasteiger partial charge >= 0.3 is 0 Å². The van der Waals surface area contributed by atoms with Gasteiger partial charge in [-0.3, -0.25) is 0 Å². The summed E-state index contributed by atoms with van der Waals surface area (Å²) in [6.07, 6.45) is 8.89. The minimum atomic E-state index is -0.394. The Kier molecular flexibility index (Phi) is 7.63. The van der Waals surface area contributed by atoms with E-state index >= 15 is 0 Å². The predicted octanol–water partition coefficient (Wildman–Crippen LogP) is 7.26. The topological polar surface area (TPSA) is 32.3 Å². The number of aryl methyl sites for hydroxylation is 1. The Balaban J connectivity index is 1.39. The van der Waals surface area contributed by atoms with Crippen molar-refractivity contribution >= 4 is 11.8 Å². The van der Waals surface area contributed by atoms with Gasteiger partial charge < -0.3 is 10.4 Å². The molecular weight excluding hydrogens is 422 g/mol. The smallest absolute Gasteiger partial charge is 0.0802 e. The van der Waals surface area contributed by atoms with Gasteiger partial charge in [0, 0.05) is 11.4 Å². The van der Waals surface area contributed by atoms with Crippen LogP contribution in [0.1, 0.15) is 94.1 Å². The van der Waals surface area contributed by atoms with Crippen LogP contribution in [-0.2, 0) is 11.8 Å². The highest BCUT2D eigenvalue weighted by molar-refractivity contribution is 7.98. The quantitative estimate of drug-likeness (QED) is 0.318. The van der Waals surface area contributed by atoms with Gasteiger partial charge in [-0.1, -0.05) is 64.4 Å². The van der Waals surface area contributed by atoms with Gasteiger partial charge in [-0.15, -0.1) is 11.8 Å². The van der Waals surface area contributed by atoms with Crippen LogP contribution in [0.3, 0.4) is 0 Å². The van der Waals surface area contributed by atoms with Gasteiger partial charge in [0.15, 0.2) is 0 Å². The molecule has 2 aromatic rings. The molecule has 0 heterocycles. The number of aliphatic hydroxyl groups excluding tert-OH is 1. The third-order valence-corrected chi connectivity index (χ3v) is 9.54. The molecule has 0 bridgehead atoms. The summed E-state index contributed by atoms with van der Waals surface area (Å²) < 4.78 is 0. The molecule has 0 aliphatic heterocycles. The molecule has 0 spiro atoms. The van der Waals surface area contributed by atoms with Crippen LogP contribution in [0.5, 0.6) is 0 Å². The van der Waals surface area contributed by atoms with Crippen molar-refractivity contribution in [3.8, 4) is 0 Å². The lowest BCUT2D eigenvalue weighted by atomic mass is 9.49. The van der Waals surface area contributed by atoms with E-state index in [1.807, 2.05) is 0 Å². The molecule has 33 heavy (non-hydrogen) atoms. The molecule has 2 aliphatic rings. The first-order chi connectivity index (χ1) is 15.8. The summed E-state index contributed by atoms with van der Waals surface area (Å²) in [4.78, 5) is 1.24. The highest BCUT2D eigenvalue weighted by atomic mass is 32.2. The van der Waals surface area contributed by atoms with E-state index < -0.39 is 6.10 Å². The molecule has 2 N–H and O–H groups in total. The highest BCUT2D eigenvalue weighted by Crippen LogP contribution is 2.57. The van der Waals surface area contributed by atoms with Gasteiger partial charge in [-0.05, 0) is 102 Å². The summed E-state index contributed by atoms with van der Waals surface area (Å²) in [5.74, 6) is 1.31. The third-order valence-electron chi connectivity index (χ3n) is 8.79. The number of rotatable bonds is 8. The molecule has 2 aliphatic carbocycles. The van der Waals surface area contributed by atoms with Crippen LogP contribution in [0.15, 0.2) is 47.4 Å². The second-order valence-electron chi connectivity index (χ2n) is 11.3. The van der Waals surface area contributed by atoms with Crippen LogP contribution in [0.25, 0.3) is 0 Å². The van der Waals surface area contributed by atoms with Crippen LogP contribution >= 0.6 is 11.8 Å². The molecule has 2 nitrogen and oxygen atoms in total. The van der Waals surface area contributed by atoms with E-state index in [4.69, 9.17) is 0 Å². The van der Waals surface area contributed by atoms with Crippen LogP contribution in [0, 0.1) is 11.3 Å². The fraction of sp³-hybridized carbons (Fsp3) is 0.600. The first-order valence-corrected chi connectivity index (χ1v) is 14.2. The number of hydrogen-bond donors (Lipinski definition) is 2. The van der Waals surface area contributed by atoms with Gasteiger partial charge in [-0.25, -0.2) is 0 Å². The van der Waals surface area contributed by atoms with E-state index in [0.29, 0.717) is 17.3 Å². The maximum Gasteiger partial charge on any atom is 0.0802 e. The van der Waals surface area contributed by atoms with Crippen LogP contribution in [-0.4, -0.2) is 24.5 Å². The second kappa shape index (κ2) is 10.1. The average molecular weight is 466 g/mol. The molecule has 2 aromatic carbocycles. The van der Waals surface area contributed by atoms with Gasteiger partial charge in [0.2, 0.25) is 0 Å². The van der Waals surface area contributed by atoms with Gasteiger partial charge in [0.05, 0.1) is 6.10 Å². The average Bonchev–Trinajstić information content (AvgIpc) is 2.81. The molecule has 0 aromatic heterocycles. The van der Waals surface area contributed by atoms with Crippen molar-refractivity contribution < 1.29 is 5.11 Å². The zero-order valence-electron chi connectivity index (χ0n) is 21.3. The summed E-state index contributed by atoms with van der Waals surface area (Å²) in [5, 5.41) is 14.4. The molecule has 3 heteroatoms. The molecule has 180 valence electrons. The fourth-order valence-corrected chi connectivity index (χ4v) is 7.23. The lowest BCUT2D eigenvalue weighted by Gasteiger charge is -2.55. The molecule has 4 atom stereocenters. The normalized spacial score (nSPS) is 27.8. The number of fused-ring (bicyclic) bond motifs is 3. The maximum atomic E-state index is 10.6. The zero-order chi connectivity index (χ0) is 23.6. The van der Waals surface area contributed by atoms with E-state index in [2.05, 4.69) is 81.7 Å². The number of hydrogen-bond acceptors (Lipinski definition) is 3. The minimum Gasteiger partial charge on any atom is -0.388 e. The molecule has 0 saturated heterocycles. The minimum absolute atomic E-state index is 0.288. The summed E-state index contributed by atoms with van der Waals surface area (Å²) in [7, 11) is 0. The standard InChI is InChI=1S/C30H43NOS/c1-21(2)23-9-13-26-24(19-23)10-14-28-29(3,16-6-17-30(26,28)4)20-31-18-15-27(32)22-7-11-25(33-5)12-8-22/h7-9,11-13,19,21,27-28,31-32H,6,10,14-18,20H2,1-5H3. The van der Waals surface area contributed by atoms with E-state index in [9.17, 15) is 5.11 Å². The Morgan fingerprint density at radius 1 is 1.06 bits per heavy atom. The van der Waals surface area contributed by atoms with Crippen molar-refractivity contribution in [2.75, 3.05) is 19.3 Å². The SMILES string of the molecule is CSc1ccc(C(O)CCNCC2(C)CCCC3(C)c4ccc(C(C)C)cc4CCC23)cc1. The van der Waals surface area contributed by atoms with Crippen molar-refractivity contribution in [1.29, 1.82) is 0 Å². The summed E-state index contributed by atoms with van der Waals surface area (Å²) in [6.45, 7) is 11.6.